The third kappa shape index (κ3) is 2.25. The number of nitrogen functional groups attached to an aromatic ring is 1. The van der Waals surface area contributed by atoms with Gasteiger partial charge in [0.25, 0.3) is 0 Å². The summed E-state index contributed by atoms with van der Waals surface area (Å²) in [5, 5.41) is 10.7. The average molecular weight is 216 g/mol. The van der Waals surface area contributed by atoms with Crippen LogP contribution in [-0.2, 0) is 0 Å². The minimum absolute atomic E-state index is 0.156. The number of nitrogens with two attached hydrogens (primary N) is 1. The Morgan fingerprint density at radius 2 is 1.69 bits per heavy atom. The summed E-state index contributed by atoms with van der Waals surface area (Å²) in [6.07, 6.45) is 0. The van der Waals surface area contributed by atoms with Gasteiger partial charge in [0.2, 0.25) is 0 Å². The molecule has 0 amide bonds. The number of carbonyl (C=O) groups is 1. The van der Waals surface area contributed by atoms with Crippen LogP contribution in [0.4, 0.5) is 5.69 Å². The Balaban J connectivity index is 0.000000606. The Morgan fingerprint density at radius 1 is 1.19 bits per heavy atom. The number of aromatic carboxylic acids is 1. The lowest BCUT2D eigenvalue weighted by molar-refractivity contribution is 0.0698. The third-order valence-electron chi connectivity index (χ3n) is 2.15. The molecular weight excluding hydrogens is 202 g/mol. The summed E-state index contributed by atoms with van der Waals surface area (Å²) in [6.45, 7) is 5.00. The fourth-order valence-corrected chi connectivity index (χ4v) is 1.44. The maximum atomic E-state index is 10.8. The van der Waals surface area contributed by atoms with Crippen LogP contribution in [0.5, 0.6) is 0 Å². The first-order valence-corrected chi connectivity index (χ1v) is 4.91. The van der Waals surface area contributed by atoms with E-state index < -0.39 is 5.97 Å². The molecule has 0 aliphatic heterocycles. The van der Waals surface area contributed by atoms with Gasteiger partial charge in [-0.25, -0.2) is 4.79 Å². The van der Waals surface area contributed by atoms with Gasteiger partial charge in [-0.3, -0.25) is 0 Å². The van der Waals surface area contributed by atoms with Crippen molar-refractivity contribution in [3.63, 3.8) is 0 Å². The molecule has 82 valence electrons. The molecule has 3 N–H and O–H groups in total. The lowest BCUT2D eigenvalue weighted by atomic mass is 10.1. The van der Waals surface area contributed by atoms with Crippen molar-refractivity contribution in [1.29, 1.82) is 0 Å². The van der Waals surface area contributed by atoms with Gasteiger partial charge < -0.3 is 10.8 Å². The quantitative estimate of drug-likeness (QED) is 0.569. The molecule has 0 saturated carbocycles. The van der Waals surface area contributed by atoms with Crippen molar-refractivity contribution < 1.29 is 9.90 Å². The molecule has 0 fully saturated rings. The van der Waals surface area contributed by atoms with Crippen molar-refractivity contribution in [1.82, 2.24) is 0 Å². The number of hydrogen-bond acceptors (Lipinski definition) is 2. The maximum Gasteiger partial charge on any atom is 0.337 e. The highest BCUT2D eigenvalue weighted by molar-refractivity contribution is 6.00. The Bertz CT molecular complexity index is 506. The normalized spacial score (nSPS) is 9.31. The molecule has 0 heterocycles. The first kappa shape index (κ1) is 11.9. The number of benzene rings is 2. The maximum absolute atomic E-state index is 10.8. The van der Waals surface area contributed by atoms with Gasteiger partial charge in [0, 0.05) is 5.69 Å². The second-order valence-corrected chi connectivity index (χ2v) is 3.09. The van der Waals surface area contributed by atoms with E-state index in [1.807, 2.05) is 24.3 Å². The molecule has 0 radical (unpaired) electrons. The summed E-state index contributed by atoms with van der Waals surface area (Å²) in [7, 11) is 0. The van der Waals surface area contributed by atoms with Gasteiger partial charge >= 0.3 is 5.97 Å². The smallest absolute Gasteiger partial charge is 0.337 e. The van der Waals surface area contributed by atoms with E-state index in [1.165, 1.54) is 0 Å². The molecule has 0 atom stereocenters. The molecule has 3 heteroatoms. The van der Waals surface area contributed by atoms with Gasteiger partial charge in [0.05, 0.1) is 19.4 Å². The van der Waals surface area contributed by atoms with E-state index >= 15 is 0 Å². The highest BCUT2D eigenvalue weighted by atomic mass is 16.4. The Kier molecular flexibility index (Phi) is 3.78. The van der Waals surface area contributed by atoms with Crippen LogP contribution in [0.3, 0.4) is 0 Å². The van der Waals surface area contributed by atoms with E-state index in [4.69, 9.17) is 10.8 Å². The van der Waals surface area contributed by atoms with E-state index in [9.17, 15) is 4.79 Å². The summed E-state index contributed by atoms with van der Waals surface area (Å²) in [4.78, 5) is 10.8. The molecule has 2 aromatic carbocycles. The molecule has 16 heavy (non-hydrogen) atoms. The SMILES string of the molecule is Nc1cc2ccccc2cc1C(=O)O.[CH2+]C. The van der Waals surface area contributed by atoms with Gasteiger partial charge in [-0.15, -0.1) is 0 Å². The van der Waals surface area contributed by atoms with Crippen LogP contribution < -0.4 is 5.73 Å². The first-order chi connectivity index (χ1) is 7.68. The molecule has 0 aliphatic rings. The lowest BCUT2D eigenvalue weighted by Crippen LogP contribution is -2.01. The van der Waals surface area contributed by atoms with Crippen molar-refractivity contribution in [2.24, 2.45) is 0 Å². The number of carboxylic acids is 1. The van der Waals surface area contributed by atoms with Gasteiger partial charge in [0.15, 0.2) is 0 Å². The van der Waals surface area contributed by atoms with Crippen LogP contribution in [0.2, 0.25) is 0 Å². The summed E-state index contributed by atoms with van der Waals surface area (Å²) >= 11 is 0. The van der Waals surface area contributed by atoms with Crippen molar-refractivity contribution in [3.8, 4) is 0 Å². The molecule has 3 nitrogen and oxygen atoms in total. The zero-order valence-corrected chi connectivity index (χ0v) is 9.10. The molecule has 2 aromatic rings. The number of rotatable bonds is 1. The predicted molar refractivity (Wildman–Crippen MR) is 66.4 cm³/mol. The van der Waals surface area contributed by atoms with E-state index in [1.54, 1.807) is 19.1 Å². The molecule has 0 aromatic heterocycles. The van der Waals surface area contributed by atoms with Crippen LogP contribution in [0.1, 0.15) is 17.3 Å². The predicted octanol–water partition coefficient (Wildman–Crippen LogP) is 2.96. The molecule has 0 saturated heterocycles. The van der Waals surface area contributed by atoms with E-state index in [2.05, 4.69) is 6.92 Å². The third-order valence-corrected chi connectivity index (χ3v) is 2.15. The summed E-state index contributed by atoms with van der Waals surface area (Å²) in [5.74, 6) is -0.992. The van der Waals surface area contributed by atoms with Crippen LogP contribution in [-0.4, -0.2) is 11.1 Å². The largest absolute Gasteiger partial charge is 0.478 e. The number of anilines is 1. The molecule has 0 unspecified atom stereocenters. The fraction of sp³-hybridized carbons (Fsp3) is 0.0769. The molecular formula is C13H14NO2+. The van der Waals surface area contributed by atoms with E-state index in [0.717, 1.165) is 10.8 Å². The van der Waals surface area contributed by atoms with Crippen LogP contribution in [0.25, 0.3) is 10.8 Å². The number of hydrogen-bond donors (Lipinski definition) is 2. The van der Waals surface area contributed by atoms with E-state index in [0.29, 0.717) is 5.69 Å². The fourth-order valence-electron chi connectivity index (χ4n) is 1.44. The lowest BCUT2D eigenvalue weighted by Gasteiger charge is -2.03. The minimum Gasteiger partial charge on any atom is -0.478 e. The monoisotopic (exact) mass is 216 g/mol. The standard InChI is InChI=1S/C11H9NO2.C2H5/c12-10-6-8-4-2-1-3-7(8)5-9(10)11(13)14;1-2/h1-6H,12H2,(H,13,14);1H2,2H3/q;+1. The van der Waals surface area contributed by atoms with E-state index in [-0.39, 0.29) is 5.56 Å². The van der Waals surface area contributed by atoms with Crippen molar-refractivity contribution in [3.05, 3.63) is 48.9 Å². The highest BCUT2D eigenvalue weighted by Gasteiger charge is 2.08. The first-order valence-electron chi connectivity index (χ1n) is 4.91. The topological polar surface area (TPSA) is 63.3 Å². The Morgan fingerprint density at radius 3 is 2.19 bits per heavy atom. The van der Waals surface area contributed by atoms with Gasteiger partial charge in [0.1, 0.15) is 0 Å². The van der Waals surface area contributed by atoms with Gasteiger partial charge in [-0.05, 0) is 22.9 Å². The van der Waals surface area contributed by atoms with Crippen LogP contribution in [0, 0.1) is 6.92 Å². The molecule has 2 rings (SSSR count). The van der Waals surface area contributed by atoms with Crippen LogP contribution >= 0.6 is 0 Å². The zero-order chi connectivity index (χ0) is 12.1. The average Bonchev–Trinajstić information content (AvgIpc) is 2.30. The number of carboxylic acid groups (broad SMARTS) is 1. The van der Waals surface area contributed by atoms with Gasteiger partial charge in [-0.2, -0.15) is 0 Å². The molecule has 0 spiro atoms. The Labute approximate surface area is 94.5 Å². The highest BCUT2D eigenvalue weighted by Crippen LogP contribution is 2.21. The summed E-state index contributed by atoms with van der Waals surface area (Å²) in [5.41, 5.74) is 6.06. The minimum atomic E-state index is -0.992. The number of fused-ring (bicyclic) bond motifs is 1. The van der Waals surface area contributed by atoms with Crippen LogP contribution in [0.15, 0.2) is 36.4 Å². The zero-order valence-electron chi connectivity index (χ0n) is 9.10. The van der Waals surface area contributed by atoms with Crippen molar-refractivity contribution >= 4 is 22.4 Å². The van der Waals surface area contributed by atoms with Crippen molar-refractivity contribution in [2.45, 2.75) is 6.92 Å². The van der Waals surface area contributed by atoms with Crippen molar-refractivity contribution in [2.75, 3.05) is 5.73 Å². The molecule has 0 bridgehead atoms. The molecule has 0 aliphatic carbocycles. The Hall–Kier alpha value is -2.16. The summed E-state index contributed by atoms with van der Waals surface area (Å²) < 4.78 is 0. The second-order valence-electron chi connectivity index (χ2n) is 3.09. The van der Waals surface area contributed by atoms with Gasteiger partial charge in [-0.1, -0.05) is 24.3 Å². The second kappa shape index (κ2) is 5.07. The summed E-state index contributed by atoms with van der Waals surface area (Å²) in [6, 6.07) is 10.8.